The molecule has 37 heavy (non-hydrogen) atoms. The van der Waals surface area contributed by atoms with Gasteiger partial charge in [-0.25, -0.2) is 4.79 Å². The van der Waals surface area contributed by atoms with E-state index >= 15 is 0 Å². The van der Waals surface area contributed by atoms with Crippen LogP contribution in [-0.4, -0.2) is 25.6 Å². The number of thioether (sulfide) groups is 1. The fraction of sp³-hybridized carbons (Fsp3) is 0.375. The second kappa shape index (κ2) is 8.76. The fourth-order valence-electron chi connectivity index (χ4n) is 6.26. The van der Waals surface area contributed by atoms with E-state index in [-0.39, 0.29) is 16.5 Å². The normalized spacial score (nSPS) is 20.6. The van der Waals surface area contributed by atoms with E-state index in [4.69, 9.17) is 9.41 Å². The van der Waals surface area contributed by atoms with Crippen molar-refractivity contribution in [2.24, 2.45) is 4.99 Å². The maximum Gasteiger partial charge on any atom is 0.336 e. The van der Waals surface area contributed by atoms with Crippen molar-refractivity contribution in [1.29, 1.82) is 0 Å². The van der Waals surface area contributed by atoms with Gasteiger partial charge in [0, 0.05) is 57.9 Å². The summed E-state index contributed by atoms with van der Waals surface area (Å²) in [4.78, 5) is 21.6. The van der Waals surface area contributed by atoms with Gasteiger partial charge in [0.1, 0.15) is 5.58 Å². The molecule has 5 heteroatoms. The van der Waals surface area contributed by atoms with Gasteiger partial charge in [-0.05, 0) is 59.4 Å². The molecule has 3 aromatic carbocycles. The molecule has 0 saturated heterocycles. The monoisotopic (exact) mass is 510 g/mol. The average Bonchev–Trinajstić information content (AvgIpc) is 2.89. The molecule has 0 radical (unpaired) electrons. The van der Waals surface area contributed by atoms with Crippen molar-refractivity contribution in [1.82, 2.24) is 0 Å². The Balaban J connectivity index is 1.64. The predicted molar refractivity (Wildman–Crippen MR) is 158 cm³/mol. The minimum atomic E-state index is -0.324. The zero-order valence-corrected chi connectivity index (χ0v) is 23.2. The summed E-state index contributed by atoms with van der Waals surface area (Å²) < 4.78 is 6.03. The maximum atomic E-state index is 12.9. The Hall–Kier alpha value is -3.05. The standard InChI is InChI=1S/C32H34N2O2S/c1-6-32(4)14-16-34-15-13-31(2,3)27-29(34)24(32)18-23-21(17-26(35)36-30(23)27)19-33-28-22-10-8-7-9-20(22)11-12-25(28)37-5/h7-12,17-19H,6,13-16H2,1-5H3. The van der Waals surface area contributed by atoms with Gasteiger partial charge in [-0.3, -0.25) is 4.99 Å². The summed E-state index contributed by atoms with van der Waals surface area (Å²) in [6, 6.07) is 16.5. The minimum Gasteiger partial charge on any atom is -0.422 e. The van der Waals surface area contributed by atoms with Crippen molar-refractivity contribution in [3.05, 3.63) is 75.6 Å². The molecule has 2 aliphatic heterocycles. The number of hydrogen-bond donors (Lipinski definition) is 0. The van der Waals surface area contributed by atoms with Crippen LogP contribution in [0.5, 0.6) is 0 Å². The molecule has 0 N–H and O–H groups in total. The van der Waals surface area contributed by atoms with E-state index in [2.05, 4.69) is 81.3 Å². The molecule has 0 fully saturated rings. The highest BCUT2D eigenvalue weighted by molar-refractivity contribution is 7.98. The number of anilines is 1. The Bertz CT molecular complexity index is 1630. The van der Waals surface area contributed by atoms with Gasteiger partial charge in [0.25, 0.3) is 0 Å². The Labute approximate surface area is 222 Å². The van der Waals surface area contributed by atoms with Gasteiger partial charge in [0.2, 0.25) is 0 Å². The zero-order valence-electron chi connectivity index (χ0n) is 22.4. The van der Waals surface area contributed by atoms with E-state index in [0.29, 0.717) is 0 Å². The average molecular weight is 511 g/mol. The third-order valence-electron chi connectivity index (χ3n) is 8.82. The largest absolute Gasteiger partial charge is 0.422 e. The van der Waals surface area contributed by atoms with Gasteiger partial charge in [-0.15, -0.1) is 11.8 Å². The first-order valence-corrected chi connectivity index (χ1v) is 14.5. The second-order valence-electron chi connectivity index (χ2n) is 11.4. The highest BCUT2D eigenvalue weighted by Crippen LogP contribution is 2.52. The first-order valence-electron chi connectivity index (χ1n) is 13.3. The Morgan fingerprint density at radius 3 is 2.62 bits per heavy atom. The summed E-state index contributed by atoms with van der Waals surface area (Å²) in [6.07, 6.45) is 7.20. The molecular formula is C32H34N2O2S. The molecule has 0 bridgehead atoms. The molecule has 4 aromatic rings. The Kier molecular flexibility index (Phi) is 5.76. The van der Waals surface area contributed by atoms with Gasteiger partial charge < -0.3 is 9.32 Å². The Morgan fingerprint density at radius 2 is 1.84 bits per heavy atom. The lowest BCUT2D eigenvalue weighted by Crippen LogP contribution is -2.45. The molecule has 0 amide bonds. The van der Waals surface area contributed by atoms with Crippen LogP contribution in [0.3, 0.4) is 0 Å². The summed E-state index contributed by atoms with van der Waals surface area (Å²) in [7, 11) is 0. The smallest absolute Gasteiger partial charge is 0.336 e. The fourth-order valence-corrected chi connectivity index (χ4v) is 6.82. The maximum absolute atomic E-state index is 12.9. The van der Waals surface area contributed by atoms with E-state index < -0.39 is 0 Å². The number of nitrogens with zero attached hydrogens (tertiary/aromatic N) is 2. The summed E-state index contributed by atoms with van der Waals surface area (Å²) in [5.41, 5.74) is 6.05. The van der Waals surface area contributed by atoms with Gasteiger partial charge in [0.15, 0.2) is 0 Å². The molecule has 1 aromatic heterocycles. The molecule has 2 aliphatic rings. The van der Waals surface area contributed by atoms with E-state index in [9.17, 15) is 4.79 Å². The number of aliphatic imine (C=N–C) groups is 1. The lowest BCUT2D eigenvalue weighted by molar-refractivity contribution is 0.371. The van der Waals surface area contributed by atoms with Gasteiger partial charge in [-0.1, -0.05) is 58.0 Å². The zero-order chi connectivity index (χ0) is 25.9. The first-order chi connectivity index (χ1) is 17.8. The molecule has 1 atom stereocenters. The number of benzene rings is 3. The lowest BCUT2D eigenvalue weighted by Gasteiger charge is -2.49. The van der Waals surface area contributed by atoms with Crippen LogP contribution in [-0.2, 0) is 10.8 Å². The molecule has 0 spiro atoms. The number of fused-ring (bicyclic) bond motifs is 3. The van der Waals surface area contributed by atoms with Crippen LogP contribution >= 0.6 is 11.8 Å². The Morgan fingerprint density at radius 1 is 1.05 bits per heavy atom. The second-order valence-corrected chi connectivity index (χ2v) is 12.3. The molecule has 6 rings (SSSR count). The van der Waals surface area contributed by atoms with Crippen LogP contribution < -0.4 is 10.5 Å². The SMILES string of the molecule is CCC1(C)CCN2CCC(C)(C)c3c2c1cc1c(C=Nc2c(SC)ccc4ccccc24)cc(=O)oc31. The summed E-state index contributed by atoms with van der Waals surface area (Å²) in [5.74, 6) is 0. The van der Waals surface area contributed by atoms with Gasteiger partial charge in [-0.2, -0.15) is 0 Å². The van der Waals surface area contributed by atoms with E-state index in [0.717, 1.165) is 70.2 Å². The molecule has 1 unspecified atom stereocenters. The highest BCUT2D eigenvalue weighted by Gasteiger charge is 2.43. The topological polar surface area (TPSA) is 45.8 Å². The third-order valence-corrected chi connectivity index (χ3v) is 9.59. The number of rotatable bonds is 4. The lowest BCUT2D eigenvalue weighted by atomic mass is 9.67. The van der Waals surface area contributed by atoms with Crippen LogP contribution in [0.25, 0.3) is 21.7 Å². The van der Waals surface area contributed by atoms with Crippen molar-refractivity contribution in [3.8, 4) is 0 Å². The quantitative estimate of drug-likeness (QED) is 0.159. The van der Waals surface area contributed by atoms with Gasteiger partial charge in [0.05, 0.1) is 5.69 Å². The minimum absolute atomic E-state index is 0.0839. The van der Waals surface area contributed by atoms with Crippen LogP contribution in [0.1, 0.15) is 63.6 Å². The molecule has 4 nitrogen and oxygen atoms in total. The highest BCUT2D eigenvalue weighted by atomic mass is 32.2. The van der Waals surface area contributed by atoms with Crippen LogP contribution in [0, 0.1) is 0 Å². The summed E-state index contributed by atoms with van der Waals surface area (Å²) >= 11 is 1.69. The van der Waals surface area contributed by atoms with Crippen molar-refractivity contribution in [2.75, 3.05) is 24.2 Å². The van der Waals surface area contributed by atoms with E-state index in [1.165, 1.54) is 16.8 Å². The molecule has 0 aliphatic carbocycles. The number of hydrogen-bond acceptors (Lipinski definition) is 5. The molecule has 3 heterocycles. The summed E-state index contributed by atoms with van der Waals surface area (Å²) in [5, 5.41) is 3.25. The van der Waals surface area contributed by atoms with Crippen LogP contribution in [0.4, 0.5) is 11.4 Å². The van der Waals surface area contributed by atoms with Crippen molar-refractivity contribution in [2.45, 2.75) is 62.7 Å². The van der Waals surface area contributed by atoms with Crippen molar-refractivity contribution >= 4 is 51.1 Å². The van der Waals surface area contributed by atoms with Gasteiger partial charge >= 0.3 is 5.63 Å². The molecular weight excluding hydrogens is 476 g/mol. The van der Waals surface area contributed by atoms with E-state index in [1.807, 2.05) is 6.21 Å². The summed E-state index contributed by atoms with van der Waals surface area (Å²) in [6.45, 7) is 11.4. The van der Waals surface area contributed by atoms with Crippen LogP contribution in [0.15, 0.2) is 67.6 Å². The molecule has 0 saturated carbocycles. The van der Waals surface area contributed by atoms with Crippen molar-refractivity contribution in [3.63, 3.8) is 0 Å². The van der Waals surface area contributed by atoms with Crippen LogP contribution in [0.2, 0.25) is 0 Å². The van der Waals surface area contributed by atoms with E-state index in [1.54, 1.807) is 17.8 Å². The predicted octanol–water partition coefficient (Wildman–Crippen LogP) is 7.98. The first kappa shape index (κ1) is 24.3. The third kappa shape index (κ3) is 3.82. The molecule has 190 valence electrons. The van der Waals surface area contributed by atoms with Crippen molar-refractivity contribution < 1.29 is 4.42 Å².